The molecule has 0 saturated carbocycles. The standard InChI is InChI=1S/C11H13N5O/c1-2-3-7-9(12)15-10(16-11(7)17)8-4-5-13-6-14-8/h4-6H,2-3H2,1H3,(H3,12,15,16,17). The molecule has 0 unspecified atom stereocenters. The molecule has 0 bridgehead atoms. The van der Waals surface area contributed by atoms with Crippen molar-refractivity contribution < 1.29 is 0 Å². The zero-order chi connectivity index (χ0) is 12.3. The van der Waals surface area contributed by atoms with E-state index in [1.165, 1.54) is 6.33 Å². The van der Waals surface area contributed by atoms with Gasteiger partial charge in [0, 0.05) is 6.20 Å². The molecule has 0 aliphatic heterocycles. The summed E-state index contributed by atoms with van der Waals surface area (Å²) < 4.78 is 0. The number of anilines is 1. The molecule has 6 heteroatoms. The first-order chi connectivity index (χ1) is 8.22. The second-order valence-electron chi connectivity index (χ2n) is 3.62. The van der Waals surface area contributed by atoms with Crippen molar-refractivity contribution in [1.29, 1.82) is 0 Å². The normalized spacial score (nSPS) is 10.4. The lowest BCUT2D eigenvalue weighted by molar-refractivity contribution is 0.890. The Morgan fingerprint density at radius 3 is 2.88 bits per heavy atom. The first-order valence-corrected chi connectivity index (χ1v) is 5.37. The van der Waals surface area contributed by atoms with Crippen molar-refractivity contribution in [3.05, 3.63) is 34.5 Å². The molecular formula is C11H13N5O. The number of aromatic amines is 1. The van der Waals surface area contributed by atoms with Gasteiger partial charge in [-0.05, 0) is 12.5 Å². The van der Waals surface area contributed by atoms with Crippen molar-refractivity contribution in [1.82, 2.24) is 19.9 Å². The highest BCUT2D eigenvalue weighted by Crippen LogP contribution is 2.12. The van der Waals surface area contributed by atoms with Crippen molar-refractivity contribution >= 4 is 5.82 Å². The summed E-state index contributed by atoms with van der Waals surface area (Å²) in [5, 5.41) is 0. The Balaban J connectivity index is 2.50. The van der Waals surface area contributed by atoms with Crippen LogP contribution in [0.15, 0.2) is 23.4 Å². The SMILES string of the molecule is CCCc1c(N)nc(-c2ccncn2)[nH]c1=O. The highest BCUT2D eigenvalue weighted by Gasteiger charge is 2.09. The van der Waals surface area contributed by atoms with E-state index in [2.05, 4.69) is 19.9 Å². The molecule has 2 aromatic rings. The number of rotatable bonds is 3. The van der Waals surface area contributed by atoms with Crippen LogP contribution in [0.25, 0.3) is 11.5 Å². The zero-order valence-electron chi connectivity index (χ0n) is 9.47. The van der Waals surface area contributed by atoms with Crippen LogP contribution in [-0.2, 0) is 6.42 Å². The van der Waals surface area contributed by atoms with Gasteiger partial charge in [-0.3, -0.25) is 4.79 Å². The van der Waals surface area contributed by atoms with Gasteiger partial charge in [0.25, 0.3) is 5.56 Å². The fraction of sp³-hybridized carbons (Fsp3) is 0.273. The van der Waals surface area contributed by atoms with E-state index in [1.807, 2.05) is 6.92 Å². The number of nitrogens with two attached hydrogens (primary N) is 1. The van der Waals surface area contributed by atoms with E-state index in [1.54, 1.807) is 12.3 Å². The first-order valence-electron chi connectivity index (χ1n) is 5.37. The van der Waals surface area contributed by atoms with Gasteiger partial charge in [-0.1, -0.05) is 13.3 Å². The minimum Gasteiger partial charge on any atom is -0.383 e. The van der Waals surface area contributed by atoms with E-state index in [4.69, 9.17) is 5.73 Å². The summed E-state index contributed by atoms with van der Waals surface area (Å²) in [5.41, 5.74) is 6.65. The second-order valence-corrected chi connectivity index (χ2v) is 3.62. The predicted molar refractivity (Wildman–Crippen MR) is 64.3 cm³/mol. The molecule has 0 amide bonds. The number of nitrogen functional groups attached to an aromatic ring is 1. The van der Waals surface area contributed by atoms with Crippen molar-refractivity contribution in [3.8, 4) is 11.5 Å². The van der Waals surface area contributed by atoms with Crippen LogP contribution in [0.4, 0.5) is 5.82 Å². The second kappa shape index (κ2) is 4.73. The highest BCUT2D eigenvalue weighted by molar-refractivity contribution is 5.52. The largest absolute Gasteiger partial charge is 0.383 e. The molecule has 2 rings (SSSR count). The van der Waals surface area contributed by atoms with Gasteiger partial charge >= 0.3 is 0 Å². The van der Waals surface area contributed by atoms with Gasteiger partial charge in [0.2, 0.25) is 0 Å². The third kappa shape index (κ3) is 2.30. The molecule has 0 saturated heterocycles. The lowest BCUT2D eigenvalue weighted by Crippen LogP contribution is -2.18. The van der Waals surface area contributed by atoms with Gasteiger partial charge in [0.05, 0.1) is 5.56 Å². The summed E-state index contributed by atoms with van der Waals surface area (Å²) in [6.07, 6.45) is 4.45. The molecule has 0 radical (unpaired) electrons. The Hall–Kier alpha value is -2.24. The molecule has 2 aromatic heterocycles. The van der Waals surface area contributed by atoms with Crippen LogP contribution in [0.1, 0.15) is 18.9 Å². The topological polar surface area (TPSA) is 97.5 Å². The number of hydrogen-bond acceptors (Lipinski definition) is 5. The minimum absolute atomic E-state index is 0.201. The lowest BCUT2D eigenvalue weighted by Gasteiger charge is -2.05. The smallest absolute Gasteiger partial charge is 0.256 e. The molecule has 88 valence electrons. The molecule has 6 nitrogen and oxygen atoms in total. The monoisotopic (exact) mass is 231 g/mol. The van der Waals surface area contributed by atoms with Crippen LogP contribution in [0, 0.1) is 0 Å². The quantitative estimate of drug-likeness (QED) is 0.812. The molecule has 0 spiro atoms. The molecule has 3 N–H and O–H groups in total. The van der Waals surface area contributed by atoms with Gasteiger partial charge in [-0.15, -0.1) is 0 Å². The van der Waals surface area contributed by atoms with E-state index < -0.39 is 0 Å². The third-order valence-electron chi connectivity index (χ3n) is 2.37. The van der Waals surface area contributed by atoms with Gasteiger partial charge in [0.1, 0.15) is 17.8 Å². The Labute approximate surface area is 98.0 Å². The van der Waals surface area contributed by atoms with Gasteiger partial charge in [-0.25, -0.2) is 15.0 Å². The summed E-state index contributed by atoms with van der Waals surface area (Å²) in [5.74, 6) is 0.638. The summed E-state index contributed by atoms with van der Waals surface area (Å²) in [6.45, 7) is 1.98. The van der Waals surface area contributed by atoms with Gasteiger partial charge in [-0.2, -0.15) is 0 Å². The Morgan fingerprint density at radius 1 is 1.47 bits per heavy atom. The summed E-state index contributed by atoms with van der Waals surface area (Å²) in [6, 6.07) is 1.66. The van der Waals surface area contributed by atoms with Crippen LogP contribution in [0.3, 0.4) is 0 Å². The van der Waals surface area contributed by atoms with Crippen molar-refractivity contribution in [3.63, 3.8) is 0 Å². The van der Waals surface area contributed by atoms with E-state index >= 15 is 0 Å². The lowest BCUT2D eigenvalue weighted by atomic mass is 10.2. The van der Waals surface area contributed by atoms with Crippen LogP contribution >= 0.6 is 0 Å². The van der Waals surface area contributed by atoms with Crippen LogP contribution in [0.5, 0.6) is 0 Å². The molecule has 0 atom stereocenters. The van der Waals surface area contributed by atoms with Gasteiger partial charge in [0.15, 0.2) is 5.82 Å². The number of nitrogens with one attached hydrogen (secondary N) is 1. The molecular weight excluding hydrogens is 218 g/mol. The summed E-state index contributed by atoms with van der Waals surface area (Å²) in [4.78, 5) is 26.4. The van der Waals surface area contributed by atoms with Crippen molar-refractivity contribution in [2.24, 2.45) is 0 Å². The molecule has 0 aromatic carbocycles. The fourth-order valence-corrected chi connectivity index (χ4v) is 1.56. The van der Waals surface area contributed by atoms with Crippen LogP contribution in [-0.4, -0.2) is 19.9 Å². The Kier molecular flexibility index (Phi) is 3.13. The Morgan fingerprint density at radius 2 is 2.29 bits per heavy atom. The average Bonchev–Trinajstić information content (AvgIpc) is 2.35. The molecule has 0 aliphatic carbocycles. The van der Waals surface area contributed by atoms with E-state index in [-0.39, 0.29) is 11.4 Å². The van der Waals surface area contributed by atoms with Crippen LogP contribution < -0.4 is 11.3 Å². The molecule has 0 aliphatic rings. The molecule has 2 heterocycles. The summed E-state index contributed by atoms with van der Waals surface area (Å²) in [7, 11) is 0. The van der Waals surface area contributed by atoms with E-state index in [0.717, 1.165) is 6.42 Å². The van der Waals surface area contributed by atoms with Gasteiger partial charge < -0.3 is 10.7 Å². The number of H-pyrrole nitrogens is 1. The average molecular weight is 231 g/mol. The fourth-order valence-electron chi connectivity index (χ4n) is 1.56. The van der Waals surface area contributed by atoms with Crippen LogP contribution in [0.2, 0.25) is 0 Å². The zero-order valence-corrected chi connectivity index (χ0v) is 9.47. The maximum absolute atomic E-state index is 11.8. The Bertz CT molecular complexity index is 564. The first kappa shape index (κ1) is 11.3. The maximum atomic E-state index is 11.8. The minimum atomic E-state index is -0.201. The highest BCUT2D eigenvalue weighted by atomic mass is 16.1. The molecule has 17 heavy (non-hydrogen) atoms. The number of nitrogens with zero attached hydrogens (tertiary/aromatic N) is 3. The van der Waals surface area contributed by atoms with Crippen molar-refractivity contribution in [2.75, 3.05) is 5.73 Å². The van der Waals surface area contributed by atoms with E-state index in [0.29, 0.717) is 23.5 Å². The number of aromatic nitrogens is 4. The number of hydrogen-bond donors (Lipinski definition) is 2. The summed E-state index contributed by atoms with van der Waals surface area (Å²) >= 11 is 0. The predicted octanol–water partition coefficient (Wildman–Crippen LogP) is 0.762. The molecule has 0 fully saturated rings. The maximum Gasteiger partial charge on any atom is 0.256 e. The van der Waals surface area contributed by atoms with Crippen molar-refractivity contribution in [2.45, 2.75) is 19.8 Å². The third-order valence-corrected chi connectivity index (χ3v) is 2.37. The van der Waals surface area contributed by atoms with E-state index in [9.17, 15) is 4.79 Å².